The largest absolute Gasteiger partial charge is 0.379 e. The molecular weight excluding hydrogens is 202 g/mol. The highest BCUT2D eigenvalue weighted by molar-refractivity contribution is 4.70. The van der Waals surface area contributed by atoms with E-state index in [4.69, 9.17) is 9.47 Å². The van der Waals surface area contributed by atoms with Gasteiger partial charge in [0.25, 0.3) is 0 Å². The van der Waals surface area contributed by atoms with Crippen molar-refractivity contribution >= 4 is 0 Å². The lowest BCUT2D eigenvalue weighted by molar-refractivity contribution is 0.0433. The number of ether oxygens (including phenoxy) is 2. The molecule has 1 aliphatic heterocycles. The molecule has 3 heteroatoms. The van der Waals surface area contributed by atoms with Crippen molar-refractivity contribution in [3.05, 3.63) is 0 Å². The van der Waals surface area contributed by atoms with Crippen LogP contribution in [0.5, 0.6) is 0 Å². The molecule has 0 aromatic carbocycles. The lowest BCUT2D eigenvalue weighted by Crippen LogP contribution is -2.32. The van der Waals surface area contributed by atoms with Crippen LogP contribution in [-0.4, -0.2) is 38.5 Å². The van der Waals surface area contributed by atoms with Gasteiger partial charge in [0.2, 0.25) is 0 Å². The summed E-state index contributed by atoms with van der Waals surface area (Å²) < 4.78 is 11.0. The van der Waals surface area contributed by atoms with E-state index < -0.39 is 0 Å². The summed E-state index contributed by atoms with van der Waals surface area (Å²) in [7, 11) is 0. The highest BCUT2D eigenvalue weighted by Crippen LogP contribution is 2.17. The third kappa shape index (κ3) is 4.40. The van der Waals surface area contributed by atoms with Gasteiger partial charge in [-0.05, 0) is 19.3 Å². The zero-order valence-corrected chi connectivity index (χ0v) is 10.2. The third-order valence-electron chi connectivity index (χ3n) is 3.63. The van der Waals surface area contributed by atoms with Gasteiger partial charge < -0.3 is 14.8 Å². The molecule has 2 fully saturated rings. The fourth-order valence-electron chi connectivity index (χ4n) is 2.62. The minimum atomic E-state index is 0.357. The van der Waals surface area contributed by atoms with Gasteiger partial charge in [-0.15, -0.1) is 0 Å². The maximum atomic E-state index is 5.74. The van der Waals surface area contributed by atoms with Crippen molar-refractivity contribution in [2.45, 2.75) is 57.1 Å². The van der Waals surface area contributed by atoms with Crippen LogP contribution in [0, 0.1) is 0 Å². The number of hydrogen-bond acceptors (Lipinski definition) is 3. The van der Waals surface area contributed by atoms with Gasteiger partial charge in [-0.25, -0.2) is 0 Å². The van der Waals surface area contributed by atoms with E-state index in [0.29, 0.717) is 6.10 Å². The van der Waals surface area contributed by atoms with Gasteiger partial charge in [0.1, 0.15) is 0 Å². The highest BCUT2D eigenvalue weighted by atomic mass is 16.5. The molecule has 1 saturated heterocycles. The van der Waals surface area contributed by atoms with Crippen LogP contribution in [-0.2, 0) is 9.47 Å². The van der Waals surface area contributed by atoms with Crippen LogP contribution in [0.2, 0.25) is 0 Å². The fourth-order valence-corrected chi connectivity index (χ4v) is 2.62. The topological polar surface area (TPSA) is 30.5 Å². The van der Waals surface area contributed by atoms with Gasteiger partial charge in [-0.1, -0.05) is 25.7 Å². The van der Waals surface area contributed by atoms with E-state index in [0.717, 1.165) is 38.8 Å². The predicted molar refractivity (Wildman–Crippen MR) is 64.7 cm³/mol. The summed E-state index contributed by atoms with van der Waals surface area (Å²) in [5, 5.41) is 3.62. The van der Waals surface area contributed by atoms with Crippen LogP contribution in [0.15, 0.2) is 0 Å². The van der Waals surface area contributed by atoms with Crippen molar-refractivity contribution in [1.82, 2.24) is 5.32 Å². The molecule has 0 aromatic rings. The van der Waals surface area contributed by atoms with Crippen molar-refractivity contribution < 1.29 is 9.47 Å². The van der Waals surface area contributed by atoms with Gasteiger partial charge in [-0.2, -0.15) is 0 Å². The molecule has 94 valence electrons. The van der Waals surface area contributed by atoms with Gasteiger partial charge >= 0.3 is 0 Å². The van der Waals surface area contributed by atoms with Crippen LogP contribution < -0.4 is 5.32 Å². The van der Waals surface area contributed by atoms with E-state index in [-0.39, 0.29) is 0 Å². The molecule has 0 spiro atoms. The number of nitrogens with one attached hydrogen (secondary N) is 1. The predicted octanol–water partition coefficient (Wildman–Crippen LogP) is 2.10. The Labute approximate surface area is 98.9 Å². The molecule has 0 bridgehead atoms. The first-order valence-corrected chi connectivity index (χ1v) is 6.88. The Balaban J connectivity index is 1.49. The first kappa shape index (κ1) is 12.3. The summed E-state index contributed by atoms with van der Waals surface area (Å²) in [4.78, 5) is 0. The average Bonchev–Trinajstić information content (AvgIpc) is 2.68. The van der Waals surface area contributed by atoms with Crippen LogP contribution in [0.1, 0.15) is 44.9 Å². The van der Waals surface area contributed by atoms with Crippen LogP contribution in [0.4, 0.5) is 0 Å². The SMILES string of the molecule is C1CCCC(NCCOC2CCOC2)CC1. The van der Waals surface area contributed by atoms with Gasteiger partial charge in [0.05, 0.1) is 19.3 Å². The molecule has 0 radical (unpaired) electrons. The maximum absolute atomic E-state index is 5.74. The Morgan fingerprint density at radius 1 is 1.06 bits per heavy atom. The molecule has 1 heterocycles. The monoisotopic (exact) mass is 227 g/mol. The molecule has 1 aliphatic carbocycles. The zero-order chi connectivity index (χ0) is 11.1. The summed E-state index contributed by atoms with van der Waals surface area (Å²) in [5.74, 6) is 0. The van der Waals surface area contributed by atoms with Crippen molar-refractivity contribution in [2.75, 3.05) is 26.4 Å². The van der Waals surface area contributed by atoms with Crippen molar-refractivity contribution in [1.29, 1.82) is 0 Å². The lowest BCUT2D eigenvalue weighted by atomic mass is 10.1. The van der Waals surface area contributed by atoms with Crippen LogP contribution in [0.3, 0.4) is 0 Å². The smallest absolute Gasteiger partial charge is 0.0831 e. The molecule has 2 aliphatic rings. The Morgan fingerprint density at radius 2 is 1.88 bits per heavy atom. The molecule has 3 nitrogen and oxygen atoms in total. The minimum absolute atomic E-state index is 0.357. The summed E-state index contributed by atoms with van der Waals surface area (Å²) in [6, 6.07) is 0.742. The van der Waals surface area contributed by atoms with Gasteiger partial charge in [0, 0.05) is 19.2 Å². The van der Waals surface area contributed by atoms with E-state index in [1.165, 1.54) is 38.5 Å². The average molecular weight is 227 g/mol. The van der Waals surface area contributed by atoms with E-state index >= 15 is 0 Å². The maximum Gasteiger partial charge on any atom is 0.0831 e. The molecular formula is C13H25NO2. The molecule has 1 N–H and O–H groups in total. The van der Waals surface area contributed by atoms with Gasteiger partial charge in [-0.3, -0.25) is 0 Å². The van der Waals surface area contributed by atoms with E-state index in [2.05, 4.69) is 5.32 Å². The number of hydrogen-bond donors (Lipinski definition) is 1. The Kier molecular flexibility index (Phi) is 5.59. The standard InChI is InChI=1S/C13H25NO2/c1-2-4-6-12(5-3-1)14-8-10-16-13-7-9-15-11-13/h12-14H,1-11H2. The first-order chi connectivity index (χ1) is 7.95. The van der Waals surface area contributed by atoms with E-state index in [9.17, 15) is 0 Å². The Bertz CT molecular complexity index is 173. The van der Waals surface area contributed by atoms with Gasteiger partial charge in [0.15, 0.2) is 0 Å². The third-order valence-corrected chi connectivity index (χ3v) is 3.63. The second kappa shape index (κ2) is 7.25. The Hall–Kier alpha value is -0.120. The number of rotatable bonds is 5. The molecule has 16 heavy (non-hydrogen) atoms. The molecule has 0 amide bonds. The summed E-state index contributed by atoms with van der Waals surface area (Å²) in [6.07, 6.45) is 9.78. The molecule has 0 aromatic heterocycles. The minimum Gasteiger partial charge on any atom is -0.379 e. The van der Waals surface area contributed by atoms with Crippen molar-refractivity contribution in [3.8, 4) is 0 Å². The van der Waals surface area contributed by atoms with E-state index in [1.54, 1.807) is 0 Å². The summed E-state index contributed by atoms with van der Waals surface area (Å²) in [5.41, 5.74) is 0. The molecule has 1 atom stereocenters. The Morgan fingerprint density at radius 3 is 2.56 bits per heavy atom. The lowest BCUT2D eigenvalue weighted by Gasteiger charge is -2.17. The summed E-state index contributed by atoms with van der Waals surface area (Å²) >= 11 is 0. The summed E-state index contributed by atoms with van der Waals surface area (Å²) in [6.45, 7) is 3.51. The molecule has 1 unspecified atom stereocenters. The van der Waals surface area contributed by atoms with E-state index in [1.807, 2.05) is 0 Å². The van der Waals surface area contributed by atoms with Crippen LogP contribution >= 0.6 is 0 Å². The molecule has 1 saturated carbocycles. The van der Waals surface area contributed by atoms with Crippen molar-refractivity contribution in [2.24, 2.45) is 0 Å². The molecule has 2 rings (SSSR count). The second-order valence-corrected chi connectivity index (χ2v) is 5.00. The fraction of sp³-hybridized carbons (Fsp3) is 1.00. The first-order valence-electron chi connectivity index (χ1n) is 6.88. The van der Waals surface area contributed by atoms with Crippen LogP contribution in [0.25, 0.3) is 0 Å². The quantitative estimate of drug-likeness (QED) is 0.576. The highest BCUT2D eigenvalue weighted by Gasteiger charge is 2.16. The zero-order valence-electron chi connectivity index (χ0n) is 10.2. The van der Waals surface area contributed by atoms with Crippen molar-refractivity contribution in [3.63, 3.8) is 0 Å². The second-order valence-electron chi connectivity index (χ2n) is 5.00. The normalized spacial score (nSPS) is 28.1.